The number of aliphatic hydroxyl groups is 1. The summed E-state index contributed by atoms with van der Waals surface area (Å²) in [5.74, 6) is 0.285. The fraction of sp³-hybridized carbons (Fsp3) is 0.333. The third-order valence-corrected chi connectivity index (χ3v) is 3.25. The average Bonchev–Trinajstić information content (AvgIpc) is 2.68. The van der Waals surface area contributed by atoms with Crippen LogP contribution in [0, 0.1) is 0 Å². The first-order chi connectivity index (χ1) is 7.79. The molecule has 2 aromatic rings. The van der Waals surface area contributed by atoms with Crippen LogP contribution in [0.5, 0.6) is 5.75 Å². The van der Waals surface area contributed by atoms with Crippen molar-refractivity contribution in [3.63, 3.8) is 0 Å². The van der Waals surface area contributed by atoms with Crippen LogP contribution in [-0.4, -0.2) is 27.8 Å². The fourth-order valence-electron chi connectivity index (χ4n) is 2.39. The maximum atomic E-state index is 9.74. The van der Waals surface area contributed by atoms with Gasteiger partial charge in [-0.15, -0.1) is 0 Å². The molecule has 0 saturated heterocycles. The molecule has 0 fully saturated rings. The Bertz CT molecular complexity index is 533. The minimum absolute atomic E-state index is 0.119. The molecule has 1 aromatic carbocycles. The molecule has 1 aliphatic rings. The summed E-state index contributed by atoms with van der Waals surface area (Å²) in [5, 5.41) is 23.2. The molecule has 0 spiro atoms. The van der Waals surface area contributed by atoms with Gasteiger partial charge in [0.15, 0.2) is 0 Å². The van der Waals surface area contributed by atoms with Crippen LogP contribution in [0.25, 0.3) is 10.9 Å². The highest BCUT2D eigenvalue weighted by molar-refractivity contribution is 5.89. The van der Waals surface area contributed by atoms with Gasteiger partial charge in [0.25, 0.3) is 0 Å². The lowest BCUT2D eigenvalue weighted by Crippen LogP contribution is -2.37. The maximum absolute atomic E-state index is 9.74. The van der Waals surface area contributed by atoms with Gasteiger partial charge >= 0.3 is 0 Å². The van der Waals surface area contributed by atoms with E-state index in [1.807, 2.05) is 12.1 Å². The lowest BCUT2D eigenvalue weighted by atomic mass is 9.99. The van der Waals surface area contributed by atoms with Crippen LogP contribution in [0.1, 0.15) is 11.3 Å². The SMILES string of the molecule is OCC1Cc2c([nH]c3c(O)cccc23)CN1. The Morgan fingerprint density at radius 2 is 2.25 bits per heavy atom. The van der Waals surface area contributed by atoms with Crippen LogP contribution in [0.4, 0.5) is 0 Å². The second kappa shape index (κ2) is 3.50. The van der Waals surface area contributed by atoms with Gasteiger partial charge in [0.05, 0.1) is 12.1 Å². The van der Waals surface area contributed by atoms with E-state index in [1.54, 1.807) is 6.07 Å². The number of benzene rings is 1. The third kappa shape index (κ3) is 1.31. The molecular weight excluding hydrogens is 204 g/mol. The van der Waals surface area contributed by atoms with Crippen molar-refractivity contribution in [1.29, 1.82) is 0 Å². The van der Waals surface area contributed by atoms with Gasteiger partial charge in [-0.25, -0.2) is 0 Å². The number of phenols is 1. The van der Waals surface area contributed by atoms with E-state index >= 15 is 0 Å². The van der Waals surface area contributed by atoms with Crippen molar-refractivity contribution >= 4 is 10.9 Å². The number of fused-ring (bicyclic) bond motifs is 3. The Labute approximate surface area is 92.9 Å². The van der Waals surface area contributed by atoms with Crippen molar-refractivity contribution in [2.75, 3.05) is 6.61 Å². The molecule has 1 aromatic heterocycles. The molecule has 0 saturated carbocycles. The Morgan fingerprint density at radius 3 is 3.06 bits per heavy atom. The van der Waals surface area contributed by atoms with Crippen molar-refractivity contribution in [3.8, 4) is 5.75 Å². The van der Waals surface area contributed by atoms with E-state index in [0.29, 0.717) is 6.54 Å². The summed E-state index contributed by atoms with van der Waals surface area (Å²) in [6.45, 7) is 0.861. The molecule has 0 aliphatic carbocycles. The summed E-state index contributed by atoms with van der Waals surface area (Å²) in [6.07, 6.45) is 0.801. The van der Waals surface area contributed by atoms with E-state index < -0.39 is 0 Å². The van der Waals surface area contributed by atoms with Gasteiger partial charge in [0.1, 0.15) is 5.75 Å². The van der Waals surface area contributed by atoms with Gasteiger partial charge < -0.3 is 20.5 Å². The highest BCUT2D eigenvalue weighted by Crippen LogP contribution is 2.31. The molecule has 3 rings (SSSR count). The molecule has 4 heteroatoms. The van der Waals surface area contributed by atoms with Gasteiger partial charge in [-0.1, -0.05) is 12.1 Å². The van der Waals surface area contributed by atoms with Crippen molar-refractivity contribution in [2.24, 2.45) is 0 Å². The predicted octanol–water partition coefficient (Wildman–Crippen LogP) is 0.880. The lowest BCUT2D eigenvalue weighted by molar-refractivity contribution is 0.235. The zero-order chi connectivity index (χ0) is 11.1. The summed E-state index contributed by atoms with van der Waals surface area (Å²) in [5.41, 5.74) is 3.12. The molecule has 2 heterocycles. The molecule has 0 radical (unpaired) electrons. The second-order valence-electron chi connectivity index (χ2n) is 4.25. The standard InChI is InChI=1S/C12H14N2O2/c15-6-7-4-9-8-2-1-3-11(16)12(8)14-10(9)5-13-7/h1-3,7,13-16H,4-6H2. The number of H-pyrrole nitrogens is 1. The Kier molecular flexibility index (Phi) is 2.12. The summed E-state index contributed by atoms with van der Waals surface area (Å²) in [6, 6.07) is 5.65. The van der Waals surface area contributed by atoms with Crippen LogP contribution in [0.15, 0.2) is 18.2 Å². The van der Waals surface area contributed by atoms with Crippen molar-refractivity contribution in [1.82, 2.24) is 10.3 Å². The smallest absolute Gasteiger partial charge is 0.139 e. The van der Waals surface area contributed by atoms with Crippen LogP contribution in [0.2, 0.25) is 0 Å². The first-order valence-corrected chi connectivity index (χ1v) is 5.45. The van der Waals surface area contributed by atoms with Crippen LogP contribution < -0.4 is 5.32 Å². The van der Waals surface area contributed by atoms with Crippen LogP contribution >= 0.6 is 0 Å². The Balaban J connectivity index is 2.18. The van der Waals surface area contributed by atoms with Gasteiger partial charge in [-0.2, -0.15) is 0 Å². The average molecular weight is 218 g/mol. The number of rotatable bonds is 1. The molecular formula is C12H14N2O2. The van der Waals surface area contributed by atoms with Gasteiger partial charge in [0, 0.05) is 23.7 Å². The number of hydrogen-bond acceptors (Lipinski definition) is 3. The number of nitrogens with one attached hydrogen (secondary N) is 2. The Hall–Kier alpha value is -1.52. The molecule has 16 heavy (non-hydrogen) atoms. The minimum atomic E-state index is 0.119. The third-order valence-electron chi connectivity index (χ3n) is 3.25. The second-order valence-corrected chi connectivity index (χ2v) is 4.25. The normalized spacial score (nSPS) is 19.9. The minimum Gasteiger partial charge on any atom is -0.506 e. The molecule has 0 bridgehead atoms. The number of aromatic hydroxyl groups is 1. The lowest BCUT2D eigenvalue weighted by Gasteiger charge is -2.22. The van der Waals surface area contributed by atoms with E-state index in [4.69, 9.17) is 5.11 Å². The van der Waals surface area contributed by atoms with E-state index in [2.05, 4.69) is 10.3 Å². The molecule has 4 nitrogen and oxygen atoms in total. The van der Waals surface area contributed by atoms with E-state index in [1.165, 1.54) is 5.56 Å². The van der Waals surface area contributed by atoms with Gasteiger partial charge in [0.2, 0.25) is 0 Å². The molecule has 1 aliphatic heterocycles. The molecule has 1 atom stereocenters. The molecule has 84 valence electrons. The van der Waals surface area contributed by atoms with Crippen molar-refractivity contribution in [2.45, 2.75) is 19.0 Å². The highest BCUT2D eigenvalue weighted by Gasteiger charge is 2.21. The zero-order valence-corrected chi connectivity index (χ0v) is 8.83. The molecule has 0 amide bonds. The van der Waals surface area contributed by atoms with E-state index in [9.17, 15) is 5.11 Å². The first kappa shape index (κ1) is 9.69. The zero-order valence-electron chi connectivity index (χ0n) is 8.83. The number of hydrogen-bond donors (Lipinski definition) is 4. The van der Waals surface area contributed by atoms with E-state index in [-0.39, 0.29) is 18.4 Å². The number of aliphatic hydroxyl groups excluding tert-OH is 1. The molecule has 4 N–H and O–H groups in total. The topological polar surface area (TPSA) is 68.3 Å². The largest absolute Gasteiger partial charge is 0.506 e. The first-order valence-electron chi connectivity index (χ1n) is 5.45. The van der Waals surface area contributed by atoms with Crippen molar-refractivity contribution < 1.29 is 10.2 Å². The quantitative estimate of drug-likeness (QED) is 0.574. The summed E-state index contributed by atoms with van der Waals surface area (Å²) in [7, 11) is 0. The summed E-state index contributed by atoms with van der Waals surface area (Å²) < 4.78 is 0. The monoisotopic (exact) mass is 218 g/mol. The predicted molar refractivity (Wildman–Crippen MR) is 61.4 cm³/mol. The molecule has 1 unspecified atom stereocenters. The van der Waals surface area contributed by atoms with Gasteiger partial charge in [-0.3, -0.25) is 0 Å². The number of aromatic amines is 1. The summed E-state index contributed by atoms with van der Waals surface area (Å²) >= 11 is 0. The summed E-state index contributed by atoms with van der Waals surface area (Å²) in [4.78, 5) is 3.23. The maximum Gasteiger partial charge on any atom is 0.139 e. The van der Waals surface area contributed by atoms with Crippen LogP contribution in [0.3, 0.4) is 0 Å². The highest BCUT2D eigenvalue weighted by atomic mass is 16.3. The Morgan fingerprint density at radius 1 is 1.38 bits per heavy atom. The van der Waals surface area contributed by atoms with Crippen molar-refractivity contribution in [3.05, 3.63) is 29.5 Å². The number of aromatic nitrogens is 1. The van der Waals surface area contributed by atoms with E-state index in [0.717, 1.165) is 23.0 Å². The van der Waals surface area contributed by atoms with Gasteiger partial charge in [-0.05, 0) is 18.1 Å². The fourth-order valence-corrected chi connectivity index (χ4v) is 2.39. The van der Waals surface area contributed by atoms with Crippen LogP contribution in [-0.2, 0) is 13.0 Å². The number of phenolic OH excluding ortho intramolecular Hbond substituents is 1. The number of para-hydroxylation sites is 1.